The average molecular weight is 369 g/mol. The van der Waals surface area contributed by atoms with E-state index in [9.17, 15) is 14.0 Å². The molecule has 3 rings (SSSR count). The van der Waals surface area contributed by atoms with Gasteiger partial charge in [-0.1, -0.05) is 6.07 Å². The number of benzene rings is 1. The molecule has 8 heteroatoms. The molecule has 0 radical (unpaired) electrons. The van der Waals surface area contributed by atoms with Crippen LogP contribution in [0.1, 0.15) is 28.5 Å². The number of carbonyl (C=O) groups excluding carboxylic acids is 2. The molecule has 1 atom stereocenters. The molecule has 0 saturated heterocycles. The highest BCUT2D eigenvalue weighted by molar-refractivity contribution is 6.37. The predicted molar refractivity (Wildman–Crippen MR) is 99.9 cm³/mol. The molecular formula is C19H20FN5O2. The topological polar surface area (TPSA) is 101 Å². The number of likely N-dealkylation sites (N-methyl/N-ethyl adjacent to an activating group) is 1. The molecule has 2 heterocycles. The van der Waals surface area contributed by atoms with Crippen LogP contribution in [0.15, 0.2) is 41.5 Å². The van der Waals surface area contributed by atoms with Gasteiger partial charge in [-0.2, -0.15) is 0 Å². The quantitative estimate of drug-likeness (QED) is 0.862. The third-order valence-electron chi connectivity index (χ3n) is 4.43. The van der Waals surface area contributed by atoms with E-state index in [1.165, 1.54) is 23.1 Å². The first-order valence-electron chi connectivity index (χ1n) is 8.34. The molecule has 1 aliphatic heterocycles. The standard InChI is InChI=1S/C19H20FN5O2/c1-11-4-7-15(22-9-11)17(26)23-12-5-6-14(20)13(8-12)19(2)10-25(3)18(27)16(21)24-19/h4-9H,10H2,1-3H3,(H2,21,24)(H,23,26). The number of aliphatic imine (C=N–C) groups is 1. The number of aromatic nitrogens is 1. The lowest BCUT2D eigenvalue weighted by atomic mass is 9.89. The van der Waals surface area contributed by atoms with Gasteiger partial charge in [0.2, 0.25) is 0 Å². The summed E-state index contributed by atoms with van der Waals surface area (Å²) in [5.41, 5.74) is 6.47. The summed E-state index contributed by atoms with van der Waals surface area (Å²) in [5.74, 6) is -1.48. The fraction of sp³-hybridized carbons (Fsp3) is 0.263. The maximum atomic E-state index is 14.5. The van der Waals surface area contributed by atoms with Crippen molar-refractivity contribution >= 4 is 23.3 Å². The molecule has 0 saturated carbocycles. The van der Waals surface area contributed by atoms with Crippen LogP contribution in [0.2, 0.25) is 0 Å². The number of nitrogens with two attached hydrogens (primary N) is 1. The van der Waals surface area contributed by atoms with Gasteiger partial charge in [-0.3, -0.25) is 19.6 Å². The summed E-state index contributed by atoms with van der Waals surface area (Å²) in [5, 5.41) is 2.70. The molecule has 27 heavy (non-hydrogen) atoms. The number of halogens is 1. The van der Waals surface area contributed by atoms with Gasteiger partial charge >= 0.3 is 0 Å². The fourth-order valence-electron chi connectivity index (χ4n) is 3.04. The molecule has 0 aliphatic carbocycles. The van der Waals surface area contributed by atoms with E-state index in [1.807, 2.05) is 6.92 Å². The number of nitrogens with one attached hydrogen (secondary N) is 1. The lowest BCUT2D eigenvalue weighted by Crippen LogP contribution is -2.50. The number of hydrogen-bond donors (Lipinski definition) is 2. The number of carbonyl (C=O) groups is 2. The number of anilines is 1. The van der Waals surface area contributed by atoms with E-state index in [0.717, 1.165) is 5.56 Å². The molecule has 7 nitrogen and oxygen atoms in total. The maximum absolute atomic E-state index is 14.5. The van der Waals surface area contributed by atoms with Crippen LogP contribution in [0.3, 0.4) is 0 Å². The van der Waals surface area contributed by atoms with Crippen LogP contribution >= 0.6 is 0 Å². The Labute approximate surface area is 156 Å². The zero-order valence-electron chi connectivity index (χ0n) is 15.3. The molecule has 140 valence electrons. The third kappa shape index (κ3) is 3.64. The molecule has 2 amide bonds. The Kier molecular flexibility index (Phi) is 4.65. The summed E-state index contributed by atoms with van der Waals surface area (Å²) in [6, 6.07) is 7.61. The second-order valence-electron chi connectivity index (χ2n) is 6.80. The first-order valence-corrected chi connectivity index (χ1v) is 8.34. The summed E-state index contributed by atoms with van der Waals surface area (Å²) in [7, 11) is 1.58. The Balaban J connectivity index is 1.92. The number of hydrogen-bond acceptors (Lipinski definition) is 5. The van der Waals surface area contributed by atoms with Gasteiger partial charge in [0.05, 0.1) is 6.54 Å². The van der Waals surface area contributed by atoms with E-state index in [-0.39, 0.29) is 23.6 Å². The van der Waals surface area contributed by atoms with Crippen LogP contribution in [0.4, 0.5) is 10.1 Å². The van der Waals surface area contributed by atoms with Crippen LogP contribution in [0, 0.1) is 12.7 Å². The van der Waals surface area contributed by atoms with Crippen LogP contribution in [-0.2, 0) is 10.3 Å². The lowest BCUT2D eigenvalue weighted by Gasteiger charge is -2.35. The van der Waals surface area contributed by atoms with Gasteiger partial charge in [0, 0.05) is 24.5 Å². The van der Waals surface area contributed by atoms with Gasteiger partial charge in [0.25, 0.3) is 11.8 Å². The summed E-state index contributed by atoms with van der Waals surface area (Å²) >= 11 is 0. The number of aryl methyl sites for hydroxylation is 1. The third-order valence-corrected chi connectivity index (χ3v) is 4.43. The first-order chi connectivity index (χ1) is 12.7. The molecule has 0 bridgehead atoms. The van der Waals surface area contributed by atoms with Crippen molar-refractivity contribution in [1.29, 1.82) is 0 Å². The smallest absolute Gasteiger partial charge is 0.288 e. The SMILES string of the molecule is Cc1ccc(C(=O)Nc2ccc(F)c(C3(C)CN(C)C(=O)C(N)=N3)c2)nc1. The number of pyridine rings is 1. The van der Waals surface area contributed by atoms with Crippen LogP contribution < -0.4 is 11.1 Å². The Morgan fingerprint density at radius 1 is 1.33 bits per heavy atom. The van der Waals surface area contributed by atoms with Crippen molar-refractivity contribution in [3.05, 3.63) is 59.2 Å². The van der Waals surface area contributed by atoms with E-state index in [2.05, 4.69) is 15.3 Å². The summed E-state index contributed by atoms with van der Waals surface area (Å²) in [6.07, 6.45) is 1.60. The van der Waals surface area contributed by atoms with Gasteiger partial charge < -0.3 is 16.0 Å². The number of amides is 2. The van der Waals surface area contributed by atoms with E-state index in [0.29, 0.717) is 5.69 Å². The molecule has 0 spiro atoms. The first kappa shape index (κ1) is 18.5. The van der Waals surface area contributed by atoms with Crippen molar-refractivity contribution in [1.82, 2.24) is 9.88 Å². The van der Waals surface area contributed by atoms with Gasteiger partial charge in [-0.25, -0.2) is 4.39 Å². The van der Waals surface area contributed by atoms with E-state index in [1.54, 1.807) is 32.3 Å². The molecular weight excluding hydrogens is 349 g/mol. The molecule has 3 N–H and O–H groups in total. The molecule has 1 aromatic heterocycles. The van der Waals surface area contributed by atoms with E-state index < -0.39 is 23.2 Å². The number of amidine groups is 1. The van der Waals surface area contributed by atoms with Gasteiger partial charge in [-0.05, 0) is 43.7 Å². The molecule has 1 unspecified atom stereocenters. The summed E-state index contributed by atoms with van der Waals surface area (Å²) in [6.45, 7) is 3.73. The highest BCUT2D eigenvalue weighted by Crippen LogP contribution is 2.33. The normalized spacial score (nSPS) is 19.6. The molecule has 2 aromatic rings. The van der Waals surface area contributed by atoms with Crippen molar-refractivity contribution < 1.29 is 14.0 Å². The van der Waals surface area contributed by atoms with Crippen LogP contribution in [0.25, 0.3) is 0 Å². The Hall–Kier alpha value is -3.29. The predicted octanol–water partition coefficient (Wildman–Crippen LogP) is 1.83. The van der Waals surface area contributed by atoms with Crippen molar-refractivity contribution in [2.75, 3.05) is 18.9 Å². The van der Waals surface area contributed by atoms with Gasteiger partial charge in [0.1, 0.15) is 17.1 Å². The van der Waals surface area contributed by atoms with Crippen molar-refractivity contribution in [3.63, 3.8) is 0 Å². The van der Waals surface area contributed by atoms with E-state index >= 15 is 0 Å². The van der Waals surface area contributed by atoms with Crippen molar-refractivity contribution in [3.8, 4) is 0 Å². The minimum Gasteiger partial charge on any atom is -0.379 e. The highest BCUT2D eigenvalue weighted by Gasteiger charge is 2.37. The Bertz CT molecular complexity index is 942. The van der Waals surface area contributed by atoms with Crippen LogP contribution in [-0.4, -0.2) is 41.1 Å². The summed E-state index contributed by atoms with van der Waals surface area (Å²) < 4.78 is 14.5. The zero-order chi connectivity index (χ0) is 19.8. The Morgan fingerprint density at radius 2 is 2.07 bits per heavy atom. The van der Waals surface area contributed by atoms with Crippen molar-refractivity contribution in [2.45, 2.75) is 19.4 Å². The number of rotatable bonds is 3. The molecule has 1 aromatic carbocycles. The Morgan fingerprint density at radius 3 is 2.70 bits per heavy atom. The number of nitrogens with zero attached hydrogens (tertiary/aromatic N) is 3. The minimum absolute atomic E-state index is 0.167. The molecule has 1 aliphatic rings. The largest absolute Gasteiger partial charge is 0.379 e. The highest BCUT2D eigenvalue weighted by atomic mass is 19.1. The van der Waals surface area contributed by atoms with Crippen molar-refractivity contribution in [2.24, 2.45) is 10.7 Å². The molecule has 0 fully saturated rings. The van der Waals surface area contributed by atoms with E-state index in [4.69, 9.17) is 5.73 Å². The maximum Gasteiger partial charge on any atom is 0.288 e. The second-order valence-corrected chi connectivity index (χ2v) is 6.80. The zero-order valence-corrected chi connectivity index (χ0v) is 15.3. The lowest BCUT2D eigenvalue weighted by molar-refractivity contribution is -0.124. The summed E-state index contributed by atoms with van der Waals surface area (Å²) in [4.78, 5) is 33.9. The monoisotopic (exact) mass is 369 g/mol. The minimum atomic E-state index is -1.06. The second kappa shape index (κ2) is 6.79. The fourth-order valence-corrected chi connectivity index (χ4v) is 3.04. The van der Waals surface area contributed by atoms with Gasteiger partial charge in [0.15, 0.2) is 5.84 Å². The van der Waals surface area contributed by atoms with Crippen LogP contribution in [0.5, 0.6) is 0 Å². The average Bonchev–Trinajstić information content (AvgIpc) is 2.61. The van der Waals surface area contributed by atoms with Gasteiger partial charge in [-0.15, -0.1) is 0 Å².